The predicted octanol–water partition coefficient (Wildman–Crippen LogP) is 1.64. The molecule has 0 aliphatic carbocycles. The standard InChI is InChI=1S/C14H11N3O2/c15-8-5-11-1-3-13(4-2-11)16-14(18)12-6-9-17(19)10-7-12/h1-4,6-7,9-10H,5H2,(H,16,18). The smallest absolute Gasteiger partial charge is 0.256 e. The van der Waals surface area contributed by atoms with Gasteiger partial charge in [0, 0.05) is 17.8 Å². The Kier molecular flexibility index (Phi) is 3.74. The molecule has 0 saturated carbocycles. The number of nitriles is 1. The molecule has 1 aromatic carbocycles. The van der Waals surface area contributed by atoms with Crippen molar-refractivity contribution in [2.75, 3.05) is 5.32 Å². The molecule has 0 atom stereocenters. The number of nitrogens with one attached hydrogen (secondary N) is 1. The molecule has 1 aromatic heterocycles. The summed E-state index contributed by atoms with van der Waals surface area (Å²) >= 11 is 0. The monoisotopic (exact) mass is 253 g/mol. The van der Waals surface area contributed by atoms with Crippen LogP contribution >= 0.6 is 0 Å². The zero-order valence-corrected chi connectivity index (χ0v) is 10.0. The fourth-order valence-corrected chi connectivity index (χ4v) is 1.56. The Bertz CT molecular complexity index is 613. The number of aromatic nitrogens is 1. The van der Waals surface area contributed by atoms with Crippen molar-refractivity contribution in [3.05, 3.63) is 65.1 Å². The first-order valence-corrected chi connectivity index (χ1v) is 5.65. The van der Waals surface area contributed by atoms with Crippen molar-refractivity contribution in [3.63, 3.8) is 0 Å². The van der Waals surface area contributed by atoms with Crippen LogP contribution in [0.3, 0.4) is 0 Å². The SMILES string of the molecule is N#CCc1ccc(NC(=O)c2cc[n+]([O-])cc2)cc1. The summed E-state index contributed by atoms with van der Waals surface area (Å²) in [5.74, 6) is -0.284. The molecule has 0 saturated heterocycles. The first-order chi connectivity index (χ1) is 9.19. The molecule has 2 aromatic rings. The average Bonchev–Trinajstić information content (AvgIpc) is 2.42. The molecular formula is C14H11N3O2. The number of carbonyl (C=O) groups excluding carboxylic acids is 1. The van der Waals surface area contributed by atoms with E-state index in [1.165, 1.54) is 24.5 Å². The van der Waals surface area contributed by atoms with Gasteiger partial charge in [-0.05, 0) is 17.7 Å². The van der Waals surface area contributed by atoms with Crippen LogP contribution in [0.25, 0.3) is 0 Å². The number of anilines is 1. The summed E-state index contributed by atoms with van der Waals surface area (Å²) in [6.07, 6.45) is 2.88. The molecule has 0 fully saturated rings. The fraction of sp³-hybridized carbons (Fsp3) is 0.0714. The van der Waals surface area contributed by atoms with Crippen LogP contribution in [0.4, 0.5) is 5.69 Å². The molecule has 0 spiro atoms. The lowest BCUT2D eigenvalue weighted by molar-refractivity contribution is -0.605. The summed E-state index contributed by atoms with van der Waals surface area (Å²) in [7, 11) is 0. The van der Waals surface area contributed by atoms with Gasteiger partial charge in [-0.25, -0.2) is 0 Å². The van der Waals surface area contributed by atoms with E-state index in [1.807, 2.05) is 0 Å². The van der Waals surface area contributed by atoms with E-state index in [-0.39, 0.29) is 5.91 Å². The van der Waals surface area contributed by atoms with Gasteiger partial charge < -0.3 is 10.5 Å². The second-order valence-corrected chi connectivity index (χ2v) is 3.93. The van der Waals surface area contributed by atoms with Gasteiger partial charge in [-0.3, -0.25) is 4.79 Å². The van der Waals surface area contributed by atoms with Crippen LogP contribution in [0.5, 0.6) is 0 Å². The van der Waals surface area contributed by atoms with Gasteiger partial charge in [0.05, 0.1) is 18.1 Å². The van der Waals surface area contributed by atoms with E-state index in [4.69, 9.17) is 5.26 Å². The molecule has 1 N–H and O–H groups in total. The summed E-state index contributed by atoms with van der Waals surface area (Å²) in [5, 5.41) is 22.1. The highest BCUT2D eigenvalue weighted by molar-refractivity contribution is 6.04. The van der Waals surface area contributed by atoms with E-state index in [1.54, 1.807) is 24.3 Å². The van der Waals surface area contributed by atoms with E-state index in [0.29, 0.717) is 22.4 Å². The Morgan fingerprint density at radius 1 is 1.21 bits per heavy atom. The average molecular weight is 253 g/mol. The van der Waals surface area contributed by atoms with E-state index in [2.05, 4.69) is 11.4 Å². The summed E-state index contributed by atoms with van der Waals surface area (Å²) in [6.45, 7) is 0. The molecule has 0 radical (unpaired) electrons. The molecule has 5 heteroatoms. The van der Waals surface area contributed by atoms with Crippen molar-refractivity contribution in [2.24, 2.45) is 0 Å². The Morgan fingerprint density at radius 2 is 1.84 bits per heavy atom. The van der Waals surface area contributed by atoms with E-state index < -0.39 is 0 Å². The topological polar surface area (TPSA) is 79.8 Å². The molecule has 1 amide bonds. The molecule has 1 heterocycles. The number of benzene rings is 1. The second kappa shape index (κ2) is 5.65. The Labute approximate surface area is 110 Å². The second-order valence-electron chi connectivity index (χ2n) is 3.93. The number of amides is 1. The third-order valence-corrected chi connectivity index (χ3v) is 2.56. The van der Waals surface area contributed by atoms with Crippen LogP contribution in [0.2, 0.25) is 0 Å². The number of hydrogen-bond donors (Lipinski definition) is 1. The van der Waals surface area contributed by atoms with Crippen molar-refractivity contribution in [1.82, 2.24) is 0 Å². The lowest BCUT2D eigenvalue weighted by Crippen LogP contribution is -2.25. The van der Waals surface area contributed by atoms with Gasteiger partial charge in [0.15, 0.2) is 12.4 Å². The number of rotatable bonds is 3. The summed E-state index contributed by atoms with van der Waals surface area (Å²) < 4.78 is 0.619. The summed E-state index contributed by atoms with van der Waals surface area (Å²) in [4.78, 5) is 11.9. The summed E-state index contributed by atoms with van der Waals surface area (Å²) in [6, 6.07) is 12.0. The van der Waals surface area contributed by atoms with Crippen molar-refractivity contribution < 1.29 is 9.52 Å². The quantitative estimate of drug-likeness (QED) is 0.667. The van der Waals surface area contributed by atoms with Crippen LogP contribution in [0.1, 0.15) is 15.9 Å². The van der Waals surface area contributed by atoms with E-state index in [9.17, 15) is 10.0 Å². The van der Waals surface area contributed by atoms with Gasteiger partial charge in [-0.1, -0.05) is 12.1 Å². The fourth-order valence-electron chi connectivity index (χ4n) is 1.56. The number of carbonyl (C=O) groups is 1. The van der Waals surface area contributed by atoms with Crippen molar-refractivity contribution in [2.45, 2.75) is 6.42 Å². The Balaban J connectivity index is 2.06. The minimum absolute atomic E-state index is 0.284. The largest absolute Gasteiger partial charge is 0.619 e. The first kappa shape index (κ1) is 12.6. The van der Waals surface area contributed by atoms with Crippen molar-refractivity contribution >= 4 is 11.6 Å². The third-order valence-electron chi connectivity index (χ3n) is 2.56. The van der Waals surface area contributed by atoms with Gasteiger partial charge in [-0.15, -0.1) is 0 Å². The molecule has 5 nitrogen and oxygen atoms in total. The van der Waals surface area contributed by atoms with Gasteiger partial charge in [0.25, 0.3) is 5.91 Å². The van der Waals surface area contributed by atoms with Crippen LogP contribution in [0, 0.1) is 16.5 Å². The van der Waals surface area contributed by atoms with Crippen molar-refractivity contribution in [1.29, 1.82) is 5.26 Å². The molecular weight excluding hydrogens is 242 g/mol. The molecule has 19 heavy (non-hydrogen) atoms. The van der Waals surface area contributed by atoms with Crippen LogP contribution in [-0.4, -0.2) is 5.91 Å². The number of nitrogens with zero attached hydrogens (tertiary/aromatic N) is 2. The lowest BCUT2D eigenvalue weighted by Gasteiger charge is -2.05. The molecule has 0 aliphatic rings. The van der Waals surface area contributed by atoms with Gasteiger partial charge >= 0.3 is 0 Å². The third kappa shape index (κ3) is 3.30. The molecule has 0 unspecified atom stereocenters. The number of pyridine rings is 1. The lowest BCUT2D eigenvalue weighted by atomic mass is 10.1. The van der Waals surface area contributed by atoms with Gasteiger partial charge in [0.2, 0.25) is 0 Å². The maximum atomic E-state index is 11.9. The summed E-state index contributed by atoms with van der Waals surface area (Å²) in [5.41, 5.74) is 1.95. The van der Waals surface area contributed by atoms with Crippen LogP contribution in [0.15, 0.2) is 48.8 Å². The molecule has 0 aliphatic heterocycles. The maximum absolute atomic E-state index is 11.9. The van der Waals surface area contributed by atoms with Crippen molar-refractivity contribution in [3.8, 4) is 6.07 Å². The molecule has 94 valence electrons. The highest BCUT2D eigenvalue weighted by atomic mass is 16.5. The zero-order chi connectivity index (χ0) is 13.7. The van der Waals surface area contributed by atoms with E-state index in [0.717, 1.165) is 5.56 Å². The normalized spacial score (nSPS) is 9.63. The maximum Gasteiger partial charge on any atom is 0.256 e. The number of hydrogen-bond acceptors (Lipinski definition) is 3. The van der Waals surface area contributed by atoms with E-state index >= 15 is 0 Å². The van der Waals surface area contributed by atoms with Crippen LogP contribution in [-0.2, 0) is 6.42 Å². The van der Waals surface area contributed by atoms with Gasteiger partial charge in [-0.2, -0.15) is 9.99 Å². The zero-order valence-electron chi connectivity index (χ0n) is 10.0. The Hall–Kier alpha value is -2.87. The first-order valence-electron chi connectivity index (χ1n) is 5.65. The highest BCUT2D eigenvalue weighted by Gasteiger charge is 2.07. The Morgan fingerprint density at radius 3 is 2.42 bits per heavy atom. The molecule has 2 rings (SSSR count). The minimum Gasteiger partial charge on any atom is -0.619 e. The van der Waals surface area contributed by atoms with Gasteiger partial charge in [0.1, 0.15) is 0 Å². The minimum atomic E-state index is -0.284. The predicted molar refractivity (Wildman–Crippen MR) is 69.1 cm³/mol. The van der Waals surface area contributed by atoms with Crippen LogP contribution < -0.4 is 10.0 Å². The molecule has 0 bridgehead atoms. The highest BCUT2D eigenvalue weighted by Crippen LogP contribution is 2.11.